The van der Waals surface area contributed by atoms with E-state index in [0.29, 0.717) is 0 Å². The lowest BCUT2D eigenvalue weighted by molar-refractivity contribution is -0.649. The maximum Gasteiger partial charge on any atom is 0.244 e. The molecule has 0 saturated carbocycles. The van der Waals surface area contributed by atoms with Gasteiger partial charge in [0.2, 0.25) is 5.91 Å². The maximum absolute atomic E-state index is 10.8. The third kappa shape index (κ3) is 2.57. The third-order valence-corrected chi connectivity index (χ3v) is 1.42. The van der Waals surface area contributed by atoms with Gasteiger partial charge in [-0.05, 0) is 0 Å². The average molecular weight is 166 g/mol. The van der Waals surface area contributed by atoms with Crippen molar-refractivity contribution < 1.29 is 9.47 Å². The molecule has 1 aromatic rings. The summed E-state index contributed by atoms with van der Waals surface area (Å²) in [7, 11) is 1.61. The minimum absolute atomic E-state index is 0.0358. The standard InChI is InChI=1S/C8H11N3O/c1-9-8(12)7-10-11-5-3-2-4-6-11/h2-6,10H,7H2,1H3/p+1. The Morgan fingerprint density at radius 3 is 2.58 bits per heavy atom. The van der Waals surface area contributed by atoms with E-state index in [4.69, 9.17) is 0 Å². The van der Waals surface area contributed by atoms with E-state index in [1.165, 1.54) is 0 Å². The lowest BCUT2D eigenvalue weighted by atomic mass is 10.5. The smallest absolute Gasteiger partial charge is 0.244 e. The molecule has 0 aliphatic rings. The van der Waals surface area contributed by atoms with Crippen LogP contribution in [0.2, 0.25) is 0 Å². The number of amides is 1. The zero-order valence-electron chi connectivity index (χ0n) is 6.95. The van der Waals surface area contributed by atoms with E-state index in [1.54, 1.807) is 11.7 Å². The Kier molecular flexibility index (Phi) is 3.07. The summed E-state index contributed by atoms with van der Waals surface area (Å²) in [5, 5.41) is 2.52. The molecule has 0 spiro atoms. The first-order valence-corrected chi connectivity index (χ1v) is 3.73. The summed E-state index contributed by atoms with van der Waals surface area (Å²) in [5.74, 6) is -0.0358. The largest absolute Gasteiger partial charge is 0.357 e. The molecule has 4 heteroatoms. The highest BCUT2D eigenvalue weighted by molar-refractivity contribution is 5.78. The van der Waals surface area contributed by atoms with E-state index in [-0.39, 0.29) is 12.5 Å². The van der Waals surface area contributed by atoms with Crippen LogP contribution in [-0.2, 0) is 4.79 Å². The SMILES string of the molecule is CNC(=O)CN[n+]1ccccc1. The molecule has 12 heavy (non-hydrogen) atoms. The predicted octanol–water partition coefficient (Wildman–Crippen LogP) is -0.736. The number of nitrogens with zero attached hydrogens (tertiary/aromatic N) is 1. The van der Waals surface area contributed by atoms with Crippen LogP contribution >= 0.6 is 0 Å². The zero-order chi connectivity index (χ0) is 8.81. The van der Waals surface area contributed by atoms with Crippen LogP contribution < -0.4 is 15.4 Å². The molecule has 64 valence electrons. The number of hydrogen-bond donors (Lipinski definition) is 2. The van der Waals surface area contributed by atoms with E-state index in [2.05, 4.69) is 10.7 Å². The lowest BCUT2D eigenvalue weighted by Gasteiger charge is -1.97. The molecular formula is C8H12N3O+. The lowest BCUT2D eigenvalue weighted by Crippen LogP contribution is -2.48. The number of carbonyl (C=O) groups is 1. The minimum atomic E-state index is -0.0358. The van der Waals surface area contributed by atoms with Crippen LogP contribution in [0.3, 0.4) is 0 Å². The number of rotatable bonds is 3. The Hall–Kier alpha value is -1.58. The van der Waals surface area contributed by atoms with Gasteiger partial charge in [-0.2, -0.15) is 5.43 Å². The maximum atomic E-state index is 10.8. The van der Waals surface area contributed by atoms with Gasteiger partial charge in [0.05, 0.1) is 0 Å². The number of carbonyl (C=O) groups excluding carboxylic acids is 1. The summed E-state index contributed by atoms with van der Waals surface area (Å²) in [6, 6.07) is 5.69. The Morgan fingerprint density at radius 2 is 2.00 bits per heavy atom. The molecule has 0 aliphatic carbocycles. The molecule has 0 bridgehead atoms. The van der Waals surface area contributed by atoms with Crippen molar-refractivity contribution in [1.82, 2.24) is 5.32 Å². The second kappa shape index (κ2) is 4.33. The summed E-state index contributed by atoms with van der Waals surface area (Å²) < 4.78 is 1.73. The highest BCUT2D eigenvalue weighted by Gasteiger charge is 2.00. The topological polar surface area (TPSA) is 45.0 Å². The van der Waals surface area contributed by atoms with Crippen molar-refractivity contribution in [2.24, 2.45) is 0 Å². The average Bonchev–Trinajstić information content (AvgIpc) is 2.16. The van der Waals surface area contributed by atoms with Gasteiger partial charge < -0.3 is 5.32 Å². The third-order valence-electron chi connectivity index (χ3n) is 1.42. The second-order valence-corrected chi connectivity index (χ2v) is 2.29. The first-order chi connectivity index (χ1) is 5.83. The van der Waals surface area contributed by atoms with Crippen molar-refractivity contribution in [1.29, 1.82) is 0 Å². The monoisotopic (exact) mass is 166 g/mol. The van der Waals surface area contributed by atoms with Crippen LogP contribution in [0, 0.1) is 0 Å². The summed E-state index contributed by atoms with van der Waals surface area (Å²) in [6.45, 7) is 0.283. The van der Waals surface area contributed by atoms with Crippen LogP contribution in [-0.4, -0.2) is 19.5 Å². The van der Waals surface area contributed by atoms with Crippen molar-refractivity contribution in [3.05, 3.63) is 30.6 Å². The molecule has 0 aliphatic heterocycles. The first kappa shape index (κ1) is 8.52. The van der Waals surface area contributed by atoms with Gasteiger partial charge in [0.1, 0.15) is 6.54 Å². The minimum Gasteiger partial charge on any atom is -0.357 e. The summed E-state index contributed by atoms with van der Waals surface area (Å²) >= 11 is 0. The van der Waals surface area contributed by atoms with Crippen molar-refractivity contribution in [3.63, 3.8) is 0 Å². The fourth-order valence-electron chi connectivity index (χ4n) is 0.756. The number of aromatic nitrogens is 1. The molecular weight excluding hydrogens is 154 g/mol. The summed E-state index contributed by atoms with van der Waals surface area (Å²) in [4.78, 5) is 10.8. The Bertz CT molecular complexity index is 248. The van der Waals surface area contributed by atoms with E-state index >= 15 is 0 Å². The number of nitrogens with one attached hydrogen (secondary N) is 2. The molecule has 1 amide bonds. The van der Waals surface area contributed by atoms with Gasteiger partial charge >= 0.3 is 0 Å². The van der Waals surface area contributed by atoms with Crippen LogP contribution in [0.15, 0.2) is 30.6 Å². The van der Waals surface area contributed by atoms with E-state index in [9.17, 15) is 4.79 Å². The zero-order valence-corrected chi connectivity index (χ0v) is 6.95. The van der Waals surface area contributed by atoms with Crippen molar-refractivity contribution in [2.75, 3.05) is 19.0 Å². The molecule has 2 N–H and O–H groups in total. The van der Waals surface area contributed by atoms with E-state index in [1.807, 2.05) is 30.6 Å². The molecule has 0 saturated heterocycles. The van der Waals surface area contributed by atoms with Crippen molar-refractivity contribution in [2.45, 2.75) is 0 Å². The second-order valence-electron chi connectivity index (χ2n) is 2.29. The van der Waals surface area contributed by atoms with Gasteiger partial charge in [-0.15, -0.1) is 0 Å². The molecule has 4 nitrogen and oxygen atoms in total. The van der Waals surface area contributed by atoms with Gasteiger partial charge in [0.15, 0.2) is 12.4 Å². The van der Waals surface area contributed by atoms with Gasteiger partial charge in [0, 0.05) is 19.2 Å². The number of pyridine rings is 1. The van der Waals surface area contributed by atoms with Crippen LogP contribution in [0.1, 0.15) is 0 Å². The van der Waals surface area contributed by atoms with Crippen LogP contribution in [0.4, 0.5) is 0 Å². The number of likely N-dealkylation sites (N-methyl/N-ethyl adjacent to an activating group) is 1. The molecule has 1 heterocycles. The highest BCUT2D eigenvalue weighted by atomic mass is 16.1. The van der Waals surface area contributed by atoms with Gasteiger partial charge in [0.25, 0.3) is 0 Å². The molecule has 0 fully saturated rings. The normalized spacial score (nSPS) is 9.08. The molecule has 1 aromatic heterocycles. The Balaban J connectivity index is 2.38. The summed E-state index contributed by atoms with van der Waals surface area (Å²) in [5.41, 5.74) is 2.90. The van der Waals surface area contributed by atoms with Gasteiger partial charge in [-0.25, -0.2) is 0 Å². The predicted molar refractivity (Wildman–Crippen MR) is 44.9 cm³/mol. The molecule has 0 unspecified atom stereocenters. The van der Waals surface area contributed by atoms with E-state index in [0.717, 1.165) is 0 Å². The van der Waals surface area contributed by atoms with Gasteiger partial charge in [-0.3, -0.25) is 4.79 Å². The molecule has 0 atom stereocenters. The summed E-state index contributed by atoms with van der Waals surface area (Å²) in [6.07, 6.45) is 3.67. The molecule has 0 radical (unpaired) electrons. The molecule has 1 rings (SSSR count). The fourth-order valence-corrected chi connectivity index (χ4v) is 0.756. The van der Waals surface area contributed by atoms with Crippen molar-refractivity contribution in [3.8, 4) is 0 Å². The van der Waals surface area contributed by atoms with E-state index < -0.39 is 0 Å². The molecule has 0 aromatic carbocycles. The first-order valence-electron chi connectivity index (χ1n) is 3.73. The van der Waals surface area contributed by atoms with Crippen LogP contribution in [0.25, 0.3) is 0 Å². The van der Waals surface area contributed by atoms with Gasteiger partial charge in [-0.1, -0.05) is 10.7 Å². The van der Waals surface area contributed by atoms with Crippen LogP contribution in [0.5, 0.6) is 0 Å². The fraction of sp³-hybridized carbons (Fsp3) is 0.250. The highest BCUT2D eigenvalue weighted by Crippen LogP contribution is 1.73. The number of hydrogen-bond acceptors (Lipinski definition) is 2. The Labute approximate surface area is 71.2 Å². The van der Waals surface area contributed by atoms with Crippen molar-refractivity contribution >= 4 is 5.91 Å². The quantitative estimate of drug-likeness (QED) is 0.581. The Morgan fingerprint density at radius 1 is 1.33 bits per heavy atom.